The molecular weight excluding hydrogens is 270 g/mol. The van der Waals surface area contributed by atoms with Crippen molar-refractivity contribution >= 4 is 22.0 Å². The largest absolute Gasteiger partial charge is 0.444 e. The second-order valence-corrected chi connectivity index (χ2v) is 5.32. The molecule has 92 valence electrons. The summed E-state index contributed by atoms with van der Waals surface area (Å²) in [5, 5.41) is 2.79. The van der Waals surface area contributed by atoms with Crippen molar-refractivity contribution in [1.82, 2.24) is 5.32 Å². The molecule has 0 aromatic carbocycles. The molecule has 3 nitrogen and oxygen atoms in total. The molecule has 0 unspecified atom stereocenters. The van der Waals surface area contributed by atoms with E-state index in [4.69, 9.17) is 4.74 Å². The summed E-state index contributed by atoms with van der Waals surface area (Å²) in [7, 11) is 0. The topological polar surface area (TPSA) is 38.3 Å². The molecule has 1 N–H and O–H groups in total. The Kier molecular flexibility index (Phi) is 6.46. The minimum absolute atomic E-state index is 0.0800. The highest BCUT2D eigenvalue weighted by Gasteiger charge is 2.19. The summed E-state index contributed by atoms with van der Waals surface area (Å²) in [4.78, 5) is 13.2. The van der Waals surface area contributed by atoms with Crippen LogP contribution in [0.3, 0.4) is 0 Å². The lowest BCUT2D eigenvalue weighted by molar-refractivity contribution is 0.0504. The smallest absolute Gasteiger partial charge is 0.408 e. The van der Waals surface area contributed by atoms with Crippen LogP contribution in [0.2, 0.25) is 0 Å². The van der Waals surface area contributed by atoms with Crippen LogP contribution in [0.5, 0.6) is 0 Å². The molecule has 1 amide bonds. The van der Waals surface area contributed by atoms with Gasteiger partial charge in [0.2, 0.25) is 0 Å². The van der Waals surface area contributed by atoms with E-state index >= 15 is 0 Å². The van der Waals surface area contributed by atoms with E-state index in [0.717, 1.165) is 0 Å². The van der Waals surface area contributed by atoms with Gasteiger partial charge >= 0.3 is 6.09 Å². The fourth-order valence-electron chi connectivity index (χ4n) is 0.984. The molecule has 0 aliphatic carbocycles. The molecule has 0 saturated heterocycles. The Labute approximate surface area is 106 Å². The number of amides is 1. The molecule has 0 spiro atoms. The van der Waals surface area contributed by atoms with Gasteiger partial charge in [-0.3, -0.25) is 0 Å². The highest BCUT2D eigenvalue weighted by Crippen LogP contribution is 2.09. The summed E-state index contributed by atoms with van der Waals surface area (Å²) in [5.74, 6) is 0.285. The number of nitrogens with one attached hydrogen (secondary N) is 1. The molecule has 0 rings (SSSR count). The van der Waals surface area contributed by atoms with Gasteiger partial charge < -0.3 is 10.1 Å². The van der Waals surface area contributed by atoms with Gasteiger partial charge in [-0.15, -0.1) is 5.73 Å². The summed E-state index contributed by atoms with van der Waals surface area (Å²) >= 11 is 3.13. The number of ether oxygens (including phenoxy) is 1. The highest BCUT2D eigenvalue weighted by atomic mass is 79.9. The molecule has 0 radical (unpaired) electrons. The molecule has 0 aromatic rings. The third-order valence-electron chi connectivity index (χ3n) is 1.74. The maximum Gasteiger partial charge on any atom is 0.408 e. The summed E-state index contributed by atoms with van der Waals surface area (Å²) < 4.78 is 5.18. The monoisotopic (exact) mass is 289 g/mol. The van der Waals surface area contributed by atoms with E-state index in [-0.39, 0.29) is 12.0 Å². The molecule has 0 heterocycles. The lowest BCUT2D eigenvalue weighted by Gasteiger charge is -2.23. The third-order valence-corrected chi connectivity index (χ3v) is 2.00. The standard InChI is InChI=1S/C12H20BrNO2/c1-9(2)10(7-6-8-13)14-11(15)16-12(3,4)5/h7-10H,1-5H3,(H,14,15)/t6?,10-/m1/s1. The number of carbonyl (C=O) groups is 1. The molecule has 1 atom stereocenters. The van der Waals surface area contributed by atoms with Crippen molar-refractivity contribution in [3.63, 3.8) is 0 Å². The fraction of sp³-hybridized carbons (Fsp3) is 0.667. The zero-order valence-corrected chi connectivity index (χ0v) is 12.1. The molecule has 4 heteroatoms. The number of carbonyl (C=O) groups excluding carboxylic acids is 1. The first-order chi connectivity index (χ1) is 7.26. The van der Waals surface area contributed by atoms with Crippen LogP contribution in [0, 0.1) is 5.92 Å². The van der Waals surface area contributed by atoms with Gasteiger partial charge in [0.05, 0.1) is 6.04 Å². The molecule has 16 heavy (non-hydrogen) atoms. The van der Waals surface area contributed by atoms with Crippen molar-refractivity contribution < 1.29 is 9.53 Å². The molecule has 0 fully saturated rings. The summed E-state index contributed by atoms with van der Waals surface area (Å²) in [6.07, 6.45) is 1.39. The molecular formula is C12H20BrNO2. The maximum atomic E-state index is 11.5. The zero-order valence-electron chi connectivity index (χ0n) is 10.5. The van der Waals surface area contributed by atoms with E-state index < -0.39 is 11.7 Å². The van der Waals surface area contributed by atoms with Crippen molar-refractivity contribution in [2.45, 2.75) is 46.3 Å². The lowest BCUT2D eigenvalue weighted by atomic mass is 10.1. The van der Waals surface area contributed by atoms with Gasteiger partial charge in [0.15, 0.2) is 0 Å². The van der Waals surface area contributed by atoms with Crippen molar-refractivity contribution in [3.05, 3.63) is 16.8 Å². The minimum atomic E-state index is -0.472. The second kappa shape index (κ2) is 6.77. The van der Waals surface area contributed by atoms with Gasteiger partial charge in [0.1, 0.15) is 5.60 Å². The van der Waals surface area contributed by atoms with E-state index in [2.05, 4.69) is 27.0 Å². The second-order valence-electron chi connectivity index (χ2n) is 4.86. The number of rotatable bonds is 3. The maximum absolute atomic E-state index is 11.5. The first-order valence-corrected chi connectivity index (χ1v) is 6.18. The Morgan fingerprint density at radius 1 is 1.44 bits per heavy atom. The Morgan fingerprint density at radius 2 is 2.00 bits per heavy atom. The fourth-order valence-corrected chi connectivity index (χ4v) is 1.14. The van der Waals surface area contributed by atoms with E-state index in [1.165, 1.54) is 0 Å². The van der Waals surface area contributed by atoms with Crippen molar-refractivity contribution in [2.24, 2.45) is 5.92 Å². The Bertz CT molecular complexity index is 286. The quantitative estimate of drug-likeness (QED) is 0.806. The predicted molar refractivity (Wildman–Crippen MR) is 69.6 cm³/mol. The highest BCUT2D eigenvalue weighted by molar-refractivity contribution is 9.11. The number of hydrogen-bond donors (Lipinski definition) is 1. The summed E-state index contributed by atoms with van der Waals surface area (Å²) in [6.45, 7) is 9.56. The van der Waals surface area contributed by atoms with E-state index in [1.54, 1.807) is 11.1 Å². The first kappa shape index (κ1) is 15.3. The summed E-state index contributed by atoms with van der Waals surface area (Å²) in [6, 6.07) is -0.0800. The van der Waals surface area contributed by atoms with Crippen LogP contribution in [-0.4, -0.2) is 17.7 Å². The first-order valence-electron chi connectivity index (χ1n) is 5.27. The molecule has 0 aliphatic heterocycles. The molecule has 0 bridgehead atoms. The van der Waals surface area contributed by atoms with Crippen LogP contribution in [0.15, 0.2) is 16.8 Å². The van der Waals surface area contributed by atoms with Gasteiger partial charge in [-0.25, -0.2) is 4.79 Å². The van der Waals surface area contributed by atoms with Crippen LogP contribution in [0.1, 0.15) is 34.6 Å². The number of halogens is 1. The molecule has 0 aromatic heterocycles. The van der Waals surface area contributed by atoms with Gasteiger partial charge in [-0.1, -0.05) is 29.8 Å². The SMILES string of the molecule is CC(C)[C@@H](C=C=CBr)NC(=O)OC(C)(C)C. The van der Waals surface area contributed by atoms with Crippen LogP contribution in [-0.2, 0) is 4.74 Å². The van der Waals surface area contributed by atoms with Crippen molar-refractivity contribution in [3.8, 4) is 0 Å². The zero-order chi connectivity index (χ0) is 12.8. The van der Waals surface area contributed by atoms with Crippen LogP contribution >= 0.6 is 15.9 Å². The van der Waals surface area contributed by atoms with Crippen molar-refractivity contribution in [1.29, 1.82) is 0 Å². The Hall–Kier alpha value is -0.730. The Balaban J connectivity index is 4.42. The van der Waals surface area contributed by atoms with Gasteiger partial charge in [0, 0.05) is 4.99 Å². The predicted octanol–water partition coefficient (Wildman–Crippen LogP) is 3.60. The van der Waals surface area contributed by atoms with Crippen molar-refractivity contribution in [2.75, 3.05) is 0 Å². The normalized spacial score (nSPS) is 12.7. The van der Waals surface area contributed by atoms with E-state index in [1.807, 2.05) is 34.6 Å². The Morgan fingerprint density at radius 3 is 2.38 bits per heavy atom. The number of alkyl carbamates (subject to hydrolysis) is 1. The van der Waals surface area contributed by atoms with Crippen LogP contribution < -0.4 is 5.32 Å². The third kappa shape index (κ3) is 7.55. The lowest BCUT2D eigenvalue weighted by Crippen LogP contribution is -2.40. The average Bonchev–Trinajstić information content (AvgIpc) is 2.08. The van der Waals surface area contributed by atoms with E-state index in [9.17, 15) is 4.79 Å². The van der Waals surface area contributed by atoms with Gasteiger partial charge in [-0.05, 0) is 32.8 Å². The van der Waals surface area contributed by atoms with Gasteiger partial charge in [0.25, 0.3) is 0 Å². The van der Waals surface area contributed by atoms with Crippen LogP contribution in [0.25, 0.3) is 0 Å². The minimum Gasteiger partial charge on any atom is -0.444 e. The number of hydrogen-bond acceptors (Lipinski definition) is 2. The molecule has 0 aliphatic rings. The van der Waals surface area contributed by atoms with Gasteiger partial charge in [-0.2, -0.15) is 0 Å². The summed E-state index contributed by atoms with van der Waals surface area (Å²) in [5.41, 5.74) is 2.42. The van der Waals surface area contributed by atoms with Crippen LogP contribution in [0.4, 0.5) is 4.79 Å². The average molecular weight is 290 g/mol. The molecule has 0 saturated carbocycles. The van der Waals surface area contributed by atoms with E-state index in [0.29, 0.717) is 0 Å².